The largest absolute Gasteiger partial charge is 0.493 e. The maximum Gasteiger partial charge on any atom is 0.258 e. The maximum absolute atomic E-state index is 13.2. The normalized spacial score (nSPS) is 19.3. The summed E-state index contributed by atoms with van der Waals surface area (Å²) in [5.41, 5.74) is 1.81. The van der Waals surface area contributed by atoms with Crippen molar-refractivity contribution in [3.8, 4) is 11.5 Å². The molecule has 228 valence electrons. The first-order valence-corrected chi connectivity index (χ1v) is 14.5. The van der Waals surface area contributed by atoms with Crippen LogP contribution < -0.4 is 20.1 Å². The van der Waals surface area contributed by atoms with Crippen LogP contribution in [0.4, 0.5) is 4.39 Å². The van der Waals surface area contributed by atoms with Crippen LogP contribution in [-0.4, -0.2) is 87.1 Å². The predicted molar refractivity (Wildman–Crippen MR) is 161 cm³/mol. The van der Waals surface area contributed by atoms with Crippen LogP contribution in [0.3, 0.4) is 0 Å². The Balaban J connectivity index is 1.65. The van der Waals surface area contributed by atoms with Crippen molar-refractivity contribution in [1.29, 1.82) is 0 Å². The molecule has 0 saturated heterocycles. The monoisotopic (exact) mass is 582 g/mol. The van der Waals surface area contributed by atoms with Gasteiger partial charge in [0.15, 0.2) is 18.1 Å². The second-order valence-electron chi connectivity index (χ2n) is 10.5. The van der Waals surface area contributed by atoms with E-state index in [0.29, 0.717) is 44.0 Å². The van der Waals surface area contributed by atoms with Gasteiger partial charge in [-0.2, -0.15) is 0 Å². The Morgan fingerprint density at radius 1 is 1.00 bits per heavy atom. The van der Waals surface area contributed by atoms with Crippen molar-refractivity contribution in [3.63, 3.8) is 0 Å². The molecule has 0 aliphatic carbocycles. The van der Waals surface area contributed by atoms with Gasteiger partial charge in [-0.3, -0.25) is 19.3 Å². The molecule has 2 N–H and O–H groups in total. The molecule has 2 aromatic rings. The second-order valence-corrected chi connectivity index (χ2v) is 10.5. The number of rotatable bonds is 4. The highest BCUT2D eigenvalue weighted by Gasteiger charge is 2.20. The molecule has 1 aliphatic heterocycles. The number of ether oxygens (including phenoxy) is 2. The highest BCUT2D eigenvalue weighted by molar-refractivity contribution is 5.87. The van der Waals surface area contributed by atoms with Gasteiger partial charge >= 0.3 is 0 Å². The van der Waals surface area contributed by atoms with E-state index in [9.17, 15) is 18.8 Å². The Morgan fingerprint density at radius 3 is 2.50 bits per heavy atom. The van der Waals surface area contributed by atoms with Gasteiger partial charge in [-0.1, -0.05) is 30.4 Å². The van der Waals surface area contributed by atoms with Crippen LogP contribution in [-0.2, 0) is 20.8 Å². The SMILES string of the molecule is COc1ccc2cc1OCC(=O)N[C@@H](C)C(=O)N(C)CCCCN(C/C=C/c1ccc(F)cc1)CCCNC(=O)CC2. The number of amides is 3. The van der Waals surface area contributed by atoms with Gasteiger partial charge in [-0.15, -0.1) is 0 Å². The first-order valence-electron chi connectivity index (χ1n) is 14.5. The van der Waals surface area contributed by atoms with Crippen molar-refractivity contribution in [2.75, 3.05) is 53.5 Å². The molecular formula is C32H43FN4O5. The number of methoxy groups -OCH3 is 1. The molecule has 1 aliphatic rings. The summed E-state index contributed by atoms with van der Waals surface area (Å²) in [7, 11) is 3.26. The number of halogens is 1. The van der Waals surface area contributed by atoms with Crippen LogP contribution in [0.15, 0.2) is 48.5 Å². The molecule has 0 aromatic heterocycles. The van der Waals surface area contributed by atoms with Gasteiger partial charge in [0, 0.05) is 39.6 Å². The van der Waals surface area contributed by atoms with Gasteiger partial charge in [0.1, 0.15) is 11.9 Å². The molecule has 1 atom stereocenters. The highest BCUT2D eigenvalue weighted by Crippen LogP contribution is 2.28. The zero-order chi connectivity index (χ0) is 30.3. The van der Waals surface area contributed by atoms with E-state index in [4.69, 9.17) is 9.47 Å². The van der Waals surface area contributed by atoms with Gasteiger partial charge in [-0.25, -0.2) is 4.39 Å². The Hall–Kier alpha value is -3.92. The quantitative estimate of drug-likeness (QED) is 0.573. The molecule has 2 bridgehead atoms. The number of fused-ring (bicyclic) bond motifs is 2. The summed E-state index contributed by atoms with van der Waals surface area (Å²) in [6, 6.07) is 11.1. The summed E-state index contributed by atoms with van der Waals surface area (Å²) in [4.78, 5) is 41.8. The number of nitrogens with one attached hydrogen (secondary N) is 2. The van der Waals surface area contributed by atoms with Crippen molar-refractivity contribution >= 4 is 23.8 Å². The molecule has 0 fully saturated rings. The first-order chi connectivity index (χ1) is 20.2. The molecule has 3 rings (SSSR count). The standard InChI is InChI=1S/C32H43FN4O5/c1-24-32(40)36(2)18-4-5-19-37(20-6-8-25-9-13-27(33)14-10-25)21-7-17-34-30(38)16-12-26-11-15-28(41-3)29(22-26)42-23-31(39)35-24/h6,8-11,13-15,22,24H,4-5,7,12,16-21,23H2,1-3H3,(H,34,38)(H,35,39)/b8-6+/t24-/m0/s1. The molecule has 0 saturated carbocycles. The van der Waals surface area contributed by atoms with E-state index < -0.39 is 11.9 Å². The molecular weight excluding hydrogens is 539 g/mol. The van der Waals surface area contributed by atoms with Gasteiger partial charge in [0.25, 0.3) is 5.91 Å². The Morgan fingerprint density at radius 2 is 1.74 bits per heavy atom. The highest BCUT2D eigenvalue weighted by atomic mass is 19.1. The molecule has 0 spiro atoms. The van der Waals surface area contributed by atoms with Crippen LogP contribution in [0.25, 0.3) is 6.08 Å². The predicted octanol–water partition coefficient (Wildman–Crippen LogP) is 3.42. The lowest BCUT2D eigenvalue weighted by Crippen LogP contribution is -2.47. The number of hydrogen-bond donors (Lipinski definition) is 2. The molecule has 9 nitrogen and oxygen atoms in total. The fourth-order valence-electron chi connectivity index (χ4n) is 4.69. The van der Waals surface area contributed by atoms with Crippen molar-refractivity contribution in [2.45, 2.75) is 45.1 Å². The summed E-state index contributed by atoms with van der Waals surface area (Å²) in [6.07, 6.45) is 7.34. The van der Waals surface area contributed by atoms with Crippen LogP contribution in [0.1, 0.15) is 43.7 Å². The molecule has 10 heteroatoms. The summed E-state index contributed by atoms with van der Waals surface area (Å²) in [6.45, 7) is 4.86. The number of carbonyl (C=O) groups excluding carboxylic acids is 3. The molecule has 0 unspecified atom stereocenters. The van der Waals surface area contributed by atoms with Gasteiger partial charge in [-0.05, 0) is 74.5 Å². The minimum Gasteiger partial charge on any atom is -0.493 e. The third kappa shape index (κ3) is 11.2. The average Bonchev–Trinajstić information content (AvgIpc) is 2.98. The van der Waals surface area contributed by atoms with Gasteiger partial charge < -0.3 is 25.0 Å². The average molecular weight is 583 g/mol. The summed E-state index contributed by atoms with van der Waals surface area (Å²) < 4.78 is 24.3. The minimum atomic E-state index is -0.691. The number of aryl methyl sites for hydroxylation is 1. The molecule has 2 aromatic carbocycles. The molecule has 0 radical (unpaired) electrons. The summed E-state index contributed by atoms with van der Waals surface area (Å²) in [5, 5.41) is 5.72. The lowest BCUT2D eigenvalue weighted by molar-refractivity contribution is -0.135. The topological polar surface area (TPSA) is 100 Å². The van der Waals surface area contributed by atoms with Crippen LogP contribution in [0.5, 0.6) is 11.5 Å². The third-order valence-electron chi connectivity index (χ3n) is 7.09. The number of likely N-dealkylation sites (N-methyl/N-ethyl adjacent to an activating group) is 1. The summed E-state index contributed by atoms with van der Waals surface area (Å²) in [5.74, 6) is 0.00694. The van der Waals surface area contributed by atoms with Crippen molar-refractivity contribution < 1.29 is 28.2 Å². The van der Waals surface area contributed by atoms with Crippen LogP contribution in [0, 0.1) is 5.82 Å². The van der Waals surface area contributed by atoms with Crippen LogP contribution in [0.2, 0.25) is 0 Å². The fraction of sp³-hybridized carbons (Fsp3) is 0.469. The fourth-order valence-corrected chi connectivity index (χ4v) is 4.69. The lowest BCUT2D eigenvalue weighted by Gasteiger charge is -2.24. The minimum absolute atomic E-state index is 0.0285. The lowest BCUT2D eigenvalue weighted by atomic mass is 10.1. The molecule has 1 heterocycles. The van der Waals surface area contributed by atoms with E-state index in [2.05, 4.69) is 21.6 Å². The zero-order valence-electron chi connectivity index (χ0n) is 24.9. The van der Waals surface area contributed by atoms with E-state index in [-0.39, 0.29) is 24.2 Å². The maximum atomic E-state index is 13.2. The van der Waals surface area contributed by atoms with E-state index >= 15 is 0 Å². The first kappa shape index (κ1) is 32.6. The summed E-state index contributed by atoms with van der Waals surface area (Å²) >= 11 is 0. The van der Waals surface area contributed by atoms with E-state index in [0.717, 1.165) is 43.5 Å². The third-order valence-corrected chi connectivity index (χ3v) is 7.09. The van der Waals surface area contributed by atoms with Gasteiger partial charge in [0.05, 0.1) is 7.11 Å². The van der Waals surface area contributed by atoms with Crippen molar-refractivity contribution in [3.05, 3.63) is 65.5 Å². The Labute approximate surface area is 248 Å². The van der Waals surface area contributed by atoms with E-state index in [1.807, 2.05) is 12.1 Å². The Bertz CT molecular complexity index is 1200. The van der Waals surface area contributed by atoms with Crippen molar-refractivity contribution in [1.82, 2.24) is 20.4 Å². The van der Waals surface area contributed by atoms with E-state index in [1.54, 1.807) is 43.1 Å². The molecule has 3 amide bonds. The smallest absolute Gasteiger partial charge is 0.258 e. The van der Waals surface area contributed by atoms with Crippen LogP contribution >= 0.6 is 0 Å². The van der Waals surface area contributed by atoms with Crippen molar-refractivity contribution in [2.24, 2.45) is 0 Å². The number of nitrogens with zero attached hydrogens (tertiary/aromatic N) is 2. The Kier molecular flexibility index (Phi) is 13.3. The molecule has 42 heavy (non-hydrogen) atoms. The second kappa shape index (κ2) is 17.1. The van der Waals surface area contributed by atoms with E-state index in [1.165, 1.54) is 19.2 Å². The van der Waals surface area contributed by atoms with Gasteiger partial charge in [0.2, 0.25) is 11.8 Å². The number of hydrogen-bond acceptors (Lipinski definition) is 6. The zero-order valence-corrected chi connectivity index (χ0v) is 24.9. The number of benzene rings is 2. The number of carbonyl (C=O) groups is 3.